The molecule has 1 atom stereocenters. The first-order chi connectivity index (χ1) is 13.5. The second kappa shape index (κ2) is 11.1. The first kappa shape index (κ1) is 21.4. The van der Waals surface area contributed by atoms with Gasteiger partial charge in [-0.2, -0.15) is 0 Å². The molecule has 150 valence electrons. The molecule has 0 heterocycles. The Labute approximate surface area is 166 Å². The van der Waals surface area contributed by atoms with Gasteiger partial charge in [-0.25, -0.2) is 4.39 Å². The van der Waals surface area contributed by atoms with Crippen molar-refractivity contribution in [3.63, 3.8) is 0 Å². The van der Waals surface area contributed by atoms with Crippen LogP contribution in [0.4, 0.5) is 10.1 Å². The summed E-state index contributed by atoms with van der Waals surface area (Å²) in [6.45, 7) is 5.20. The van der Waals surface area contributed by atoms with Gasteiger partial charge in [0.1, 0.15) is 5.82 Å². The number of carbonyl (C=O) groups excluding carboxylic acids is 1. The molecule has 0 aliphatic rings. The third kappa shape index (κ3) is 7.02. The Morgan fingerprint density at radius 3 is 2.54 bits per heavy atom. The summed E-state index contributed by atoms with van der Waals surface area (Å²) < 4.78 is 12.9. The molecule has 0 aliphatic heterocycles. The second-order valence-electron chi connectivity index (χ2n) is 6.73. The molecule has 2 aromatic carbocycles. The minimum Gasteiger partial charge on any atom is -0.356 e. The smallest absolute Gasteiger partial charge is 0.227 e. The van der Waals surface area contributed by atoms with Gasteiger partial charge in [-0.1, -0.05) is 38.1 Å². The van der Waals surface area contributed by atoms with Crippen molar-refractivity contribution in [3.8, 4) is 0 Å². The molecule has 5 nitrogen and oxygen atoms in total. The zero-order chi connectivity index (χ0) is 20.4. The third-order valence-electron chi connectivity index (χ3n) is 4.56. The van der Waals surface area contributed by atoms with E-state index in [1.807, 2.05) is 38.1 Å². The predicted molar refractivity (Wildman–Crippen MR) is 113 cm³/mol. The fourth-order valence-electron chi connectivity index (χ4n) is 2.59. The summed E-state index contributed by atoms with van der Waals surface area (Å²) in [6, 6.07) is 14.3. The number of amides is 1. The van der Waals surface area contributed by atoms with Gasteiger partial charge in [0.05, 0.1) is 0 Å². The number of nitrogens with one attached hydrogen (secondary N) is 3. The summed E-state index contributed by atoms with van der Waals surface area (Å²) in [7, 11) is 1.72. The molecular formula is C22H29FN4O. The molecule has 0 saturated heterocycles. The van der Waals surface area contributed by atoms with Crippen LogP contribution in [-0.4, -0.2) is 25.5 Å². The molecule has 0 bridgehead atoms. The summed E-state index contributed by atoms with van der Waals surface area (Å²) in [5.74, 6) is 0.490. The van der Waals surface area contributed by atoms with Gasteiger partial charge in [-0.15, -0.1) is 0 Å². The molecule has 1 amide bonds. The summed E-state index contributed by atoms with van der Waals surface area (Å²) >= 11 is 0. The predicted octanol–water partition coefficient (Wildman–Crippen LogP) is 3.72. The van der Waals surface area contributed by atoms with Crippen molar-refractivity contribution in [2.45, 2.75) is 33.2 Å². The lowest BCUT2D eigenvalue weighted by molar-refractivity contribution is -0.119. The molecule has 3 N–H and O–H groups in total. The average molecular weight is 384 g/mol. The highest BCUT2D eigenvalue weighted by atomic mass is 19.1. The molecule has 0 aliphatic carbocycles. The van der Waals surface area contributed by atoms with Crippen LogP contribution in [-0.2, 0) is 17.8 Å². The number of aliphatic imine (C=N–C) groups is 1. The van der Waals surface area contributed by atoms with Crippen LogP contribution in [0.3, 0.4) is 0 Å². The second-order valence-corrected chi connectivity index (χ2v) is 6.73. The van der Waals surface area contributed by atoms with Gasteiger partial charge in [0.25, 0.3) is 0 Å². The van der Waals surface area contributed by atoms with Gasteiger partial charge in [0.15, 0.2) is 5.96 Å². The van der Waals surface area contributed by atoms with E-state index in [2.05, 4.69) is 20.9 Å². The molecule has 0 aromatic heterocycles. The Morgan fingerprint density at radius 1 is 1.11 bits per heavy atom. The number of nitrogens with zero attached hydrogens (tertiary/aromatic N) is 1. The summed E-state index contributed by atoms with van der Waals surface area (Å²) in [4.78, 5) is 16.3. The van der Waals surface area contributed by atoms with E-state index < -0.39 is 0 Å². The Balaban J connectivity index is 1.81. The largest absolute Gasteiger partial charge is 0.356 e. The zero-order valence-corrected chi connectivity index (χ0v) is 16.8. The van der Waals surface area contributed by atoms with E-state index in [9.17, 15) is 9.18 Å². The Hall–Kier alpha value is -2.89. The van der Waals surface area contributed by atoms with Gasteiger partial charge in [0.2, 0.25) is 5.91 Å². The first-order valence-corrected chi connectivity index (χ1v) is 9.60. The highest BCUT2D eigenvalue weighted by Gasteiger charge is 2.10. The molecule has 28 heavy (non-hydrogen) atoms. The number of carbonyl (C=O) groups is 1. The fourth-order valence-corrected chi connectivity index (χ4v) is 2.59. The summed E-state index contributed by atoms with van der Waals surface area (Å²) in [5.41, 5.74) is 2.90. The molecule has 6 heteroatoms. The summed E-state index contributed by atoms with van der Waals surface area (Å²) in [6.07, 6.45) is 1.59. The molecule has 0 saturated carbocycles. The highest BCUT2D eigenvalue weighted by molar-refractivity contribution is 5.92. The lowest BCUT2D eigenvalue weighted by Crippen LogP contribution is -2.37. The van der Waals surface area contributed by atoms with Gasteiger partial charge < -0.3 is 16.0 Å². The van der Waals surface area contributed by atoms with Crippen LogP contribution in [0.25, 0.3) is 0 Å². The fraction of sp³-hybridized carbons (Fsp3) is 0.364. The van der Waals surface area contributed by atoms with E-state index >= 15 is 0 Å². The lowest BCUT2D eigenvalue weighted by Gasteiger charge is -2.14. The maximum atomic E-state index is 12.9. The van der Waals surface area contributed by atoms with Crippen molar-refractivity contribution in [1.82, 2.24) is 10.6 Å². The van der Waals surface area contributed by atoms with Crippen LogP contribution in [0.2, 0.25) is 0 Å². The van der Waals surface area contributed by atoms with Crippen molar-refractivity contribution < 1.29 is 9.18 Å². The number of guanidine groups is 1. The van der Waals surface area contributed by atoms with Crippen LogP contribution >= 0.6 is 0 Å². The minimum absolute atomic E-state index is 0.00841. The van der Waals surface area contributed by atoms with E-state index in [4.69, 9.17) is 0 Å². The van der Waals surface area contributed by atoms with Crippen LogP contribution in [0.1, 0.15) is 31.4 Å². The quantitative estimate of drug-likeness (QED) is 0.480. The molecule has 1 unspecified atom stereocenters. The Kier molecular flexibility index (Phi) is 8.46. The van der Waals surface area contributed by atoms with Crippen molar-refractivity contribution in [3.05, 3.63) is 65.5 Å². The van der Waals surface area contributed by atoms with Crippen molar-refractivity contribution in [2.75, 3.05) is 18.9 Å². The van der Waals surface area contributed by atoms with E-state index in [1.54, 1.807) is 19.2 Å². The number of hydrogen-bond donors (Lipinski definition) is 3. The first-order valence-electron chi connectivity index (χ1n) is 9.60. The van der Waals surface area contributed by atoms with Crippen LogP contribution < -0.4 is 16.0 Å². The third-order valence-corrected chi connectivity index (χ3v) is 4.56. The van der Waals surface area contributed by atoms with Crippen LogP contribution in [0.15, 0.2) is 53.5 Å². The van der Waals surface area contributed by atoms with Crippen molar-refractivity contribution >= 4 is 17.6 Å². The number of hydrogen-bond acceptors (Lipinski definition) is 2. The topological polar surface area (TPSA) is 65.5 Å². The monoisotopic (exact) mass is 384 g/mol. The molecule has 0 radical (unpaired) electrons. The average Bonchev–Trinajstić information content (AvgIpc) is 2.71. The Morgan fingerprint density at radius 2 is 1.86 bits per heavy atom. The Bertz CT molecular complexity index is 789. The molecule has 0 spiro atoms. The molecule has 2 aromatic rings. The number of benzene rings is 2. The van der Waals surface area contributed by atoms with Gasteiger partial charge in [-0.3, -0.25) is 9.79 Å². The van der Waals surface area contributed by atoms with E-state index in [0.29, 0.717) is 19.0 Å². The minimum atomic E-state index is -0.225. The van der Waals surface area contributed by atoms with Crippen molar-refractivity contribution in [1.29, 1.82) is 0 Å². The molecular weight excluding hydrogens is 355 g/mol. The maximum Gasteiger partial charge on any atom is 0.227 e. The van der Waals surface area contributed by atoms with E-state index in [0.717, 1.165) is 29.7 Å². The SMILES string of the molecule is CCC(C)C(=O)Nc1cccc(CNC(=NC)NCCc2ccc(F)cc2)c1. The van der Waals surface area contributed by atoms with Crippen LogP contribution in [0, 0.1) is 11.7 Å². The van der Waals surface area contributed by atoms with Crippen molar-refractivity contribution in [2.24, 2.45) is 10.9 Å². The number of rotatable bonds is 8. The highest BCUT2D eigenvalue weighted by Crippen LogP contribution is 2.13. The van der Waals surface area contributed by atoms with Crippen LogP contribution in [0.5, 0.6) is 0 Å². The molecule has 0 fully saturated rings. The number of halogens is 1. The zero-order valence-electron chi connectivity index (χ0n) is 16.8. The standard InChI is InChI=1S/C22H29FN4O/c1-4-16(2)21(28)27-20-7-5-6-18(14-20)15-26-22(24-3)25-13-12-17-8-10-19(23)11-9-17/h5-11,14,16H,4,12-13,15H2,1-3H3,(H,27,28)(H2,24,25,26). The molecule has 2 rings (SSSR count). The lowest BCUT2D eigenvalue weighted by atomic mass is 10.1. The van der Waals surface area contributed by atoms with Gasteiger partial charge in [-0.05, 0) is 48.2 Å². The number of anilines is 1. The van der Waals surface area contributed by atoms with E-state index in [-0.39, 0.29) is 17.6 Å². The van der Waals surface area contributed by atoms with E-state index in [1.165, 1.54) is 12.1 Å². The maximum absolute atomic E-state index is 12.9. The summed E-state index contributed by atoms with van der Waals surface area (Å²) in [5, 5.41) is 9.46. The van der Waals surface area contributed by atoms with Gasteiger partial charge >= 0.3 is 0 Å². The van der Waals surface area contributed by atoms with Gasteiger partial charge in [0, 0.05) is 31.7 Å². The normalized spacial score (nSPS) is 12.4.